The van der Waals surface area contributed by atoms with Gasteiger partial charge in [0.15, 0.2) is 0 Å². The van der Waals surface area contributed by atoms with E-state index in [9.17, 15) is 18.0 Å². The van der Waals surface area contributed by atoms with Crippen molar-refractivity contribution in [3.05, 3.63) is 35.5 Å². The standard InChI is InChI=1S/C13H12F3NO/c1-2-17-8-9(5-6-18)11-7-10(13(14,15)16)3-4-12(11)17/h3-4,6-8H,2,5H2,1H3. The van der Waals surface area contributed by atoms with Crippen molar-refractivity contribution in [3.8, 4) is 0 Å². The minimum absolute atomic E-state index is 0.130. The third kappa shape index (κ3) is 2.12. The van der Waals surface area contributed by atoms with E-state index in [1.165, 1.54) is 6.07 Å². The maximum atomic E-state index is 12.6. The third-order valence-corrected chi connectivity index (χ3v) is 2.93. The zero-order valence-corrected chi connectivity index (χ0v) is 9.79. The Bertz CT molecular complexity index is 584. The number of hydrogen-bond acceptors (Lipinski definition) is 1. The average molecular weight is 255 g/mol. The molecular weight excluding hydrogens is 243 g/mol. The number of benzene rings is 1. The van der Waals surface area contributed by atoms with Crippen molar-refractivity contribution in [1.29, 1.82) is 0 Å². The summed E-state index contributed by atoms with van der Waals surface area (Å²) in [6.07, 6.45) is -1.79. The first-order chi connectivity index (χ1) is 8.47. The van der Waals surface area contributed by atoms with E-state index >= 15 is 0 Å². The average Bonchev–Trinajstić information content (AvgIpc) is 2.66. The quantitative estimate of drug-likeness (QED) is 0.770. The summed E-state index contributed by atoms with van der Waals surface area (Å²) >= 11 is 0. The van der Waals surface area contributed by atoms with E-state index < -0.39 is 11.7 Å². The molecule has 2 rings (SSSR count). The number of carbonyl (C=O) groups excluding carboxylic acids is 1. The third-order valence-electron chi connectivity index (χ3n) is 2.93. The van der Waals surface area contributed by atoms with Crippen molar-refractivity contribution in [2.24, 2.45) is 0 Å². The Hall–Kier alpha value is -1.78. The van der Waals surface area contributed by atoms with Gasteiger partial charge in [-0.1, -0.05) is 0 Å². The van der Waals surface area contributed by atoms with Crippen LogP contribution in [0.2, 0.25) is 0 Å². The number of fused-ring (bicyclic) bond motifs is 1. The summed E-state index contributed by atoms with van der Waals surface area (Å²) in [7, 11) is 0. The van der Waals surface area contributed by atoms with Crippen molar-refractivity contribution < 1.29 is 18.0 Å². The molecule has 1 aromatic heterocycles. The van der Waals surface area contributed by atoms with Crippen molar-refractivity contribution in [3.63, 3.8) is 0 Å². The molecule has 18 heavy (non-hydrogen) atoms. The molecule has 0 amide bonds. The maximum Gasteiger partial charge on any atom is 0.416 e. The van der Waals surface area contributed by atoms with E-state index in [4.69, 9.17) is 0 Å². The number of rotatable bonds is 3. The van der Waals surface area contributed by atoms with Crippen LogP contribution in [0, 0.1) is 0 Å². The first-order valence-corrected chi connectivity index (χ1v) is 5.60. The van der Waals surface area contributed by atoms with Gasteiger partial charge in [-0.3, -0.25) is 0 Å². The molecule has 0 N–H and O–H groups in total. The van der Waals surface area contributed by atoms with Crippen molar-refractivity contribution in [2.75, 3.05) is 0 Å². The van der Waals surface area contributed by atoms with Crippen molar-refractivity contribution >= 4 is 17.2 Å². The molecule has 1 heterocycles. The van der Waals surface area contributed by atoms with Crippen LogP contribution in [0.3, 0.4) is 0 Å². The van der Waals surface area contributed by atoms with Crippen LogP contribution in [0.4, 0.5) is 13.2 Å². The van der Waals surface area contributed by atoms with Crippen LogP contribution < -0.4 is 0 Å². The van der Waals surface area contributed by atoms with Crippen LogP contribution in [0.1, 0.15) is 18.1 Å². The van der Waals surface area contributed by atoms with Gasteiger partial charge in [-0.15, -0.1) is 0 Å². The van der Waals surface area contributed by atoms with Crippen LogP contribution in [-0.4, -0.2) is 10.9 Å². The lowest BCUT2D eigenvalue weighted by Gasteiger charge is -2.07. The van der Waals surface area contributed by atoms with Gasteiger partial charge in [0.25, 0.3) is 0 Å². The number of halogens is 3. The van der Waals surface area contributed by atoms with E-state index in [2.05, 4.69) is 0 Å². The Labute approximate surface area is 102 Å². The molecule has 0 aliphatic heterocycles. The smallest absolute Gasteiger partial charge is 0.347 e. The minimum atomic E-state index is -4.36. The Morgan fingerprint density at radius 2 is 2.06 bits per heavy atom. The van der Waals surface area contributed by atoms with Crippen LogP contribution >= 0.6 is 0 Å². The minimum Gasteiger partial charge on any atom is -0.347 e. The highest BCUT2D eigenvalue weighted by atomic mass is 19.4. The zero-order valence-electron chi connectivity index (χ0n) is 9.79. The molecule has 5 heteroatoms. The first-order valence-electron chi connectivity index (χ1n) is 5.60. The maximum absolute atomic E-state index is 12.6. The lowest BCUT2D eigenvalue weighted by atomic mass is 10.1. The Morgan fingerprint density at radius 1 is 1.33 bits per heavy atom. The molecule has 0 aliphatic rings. The van der Waals surface area contributed by atoms with Gasteiger partial charge in [-0.05, 0) is 30.7 Å². The fourth-order valence-electron chi connectivity index (χ4n) is 2.06. The van der Waals surface area contributed by atoms with Gasteiger partial charge in [-0.25, -0.2) is 0 Å². The highest BCUT2D eigenvalue weighted by molar-refractivity contribution is 5.86. The number of aromatic nitrogens is 1. The van der Waals surface area contributed by atoms with Gasteiger partial charge in [-0.2, -0.15) is 13.2 Å². The van der Waals surface area contributed by atoms with Gasteiger partial charge in [0.2, 0.25) is 0 Å². The summed E-state index contributed by atoms with van der Waals surface area (Å²) in [6, 6.07) is 3.63. The molecule has 0 spiro atoms. The summed E-state index contributed by atoms with van der Waals surface area (Å²) in [6.45, 7) is 2.56. The number of aryl methyl sites for hydroxylation is 1. The highest BCUT2D eigenvalue weighted by Gasteiger charge is 2.30. The summed E-state index contributed by atoms with van der Waals surface area (Å²) in [5.74, 6) is 0. The molecule has 0 radical (unpaired) electrons. The van der Waals surface area contributed by atoms with E-state index in [1.54, 1.807) is 6.20 Å². The van der Waals surface area contributed by atoms with E-state index in [-0.39, 0.29) is 6.42 Å². The molecule has 0 saturated carbocycles. The predicted molar refractivity (Wildman–Crippen MR) is 62.4 cm³/mol. The second-order valence-corrected chi connectivity index (χ2v) is 4.04. The topological polar surface area (TPSA) is 22.0 Å². The summed E-state index contributed by atoms with van der Waals surface area (Å²) in [5, 5.41) is 0.499. The number of carbonyl (C=O) groups is 1. The Kier molecular flexibility index (Phi) is 3.15. The Morgan fingerprint density at radius 3 is 2.61 bits per heavy atom. The van der Waals surface area contributed by atoms with Gasteiger partial charge in [0, 0.05) is 30.1 Å². The first kappa shape index (κ1) is 12.7. The largest absolute Gasteiger partial charge is 0.416 e. The molecule has 0 bridgehead atoms. The van der Waals surface area contributed by atoms with Gasteiger partial charge in [0.1, 0.15) is 6.29 Å². The van der Waals surface area contributed by atoms with Gasteiger partial charge in [0.05, 0.1) is 5.56 Å². The zero-order chi connectivity index (χ0) is 13.3. The van der Waals surface area contributed by atoms with Crippen LogP contribution in [-0.2, 0) is 23.9 Å². The van der Waals surface area contributed by atoms with Crippen molar-refractivity contribution in [1.82, 2.24) is 4.57 Å². The molecule has 0 aliphatic carbocycles. The normalized spacial score (nSPS) is 12.0. The number of aldehydes is 1. The molecule has 2 nitrogen and oxygen atoms in total. The highest BCUT2D eigenvalue weighted by Crippen LogP contribution is 2.33. The lowest BCUT2D eigenvalue weighted by molar-refractivity contribution is -0.137. The van der Waals surface area contributed by atoms with Crippen molar-refractivity contribution in [2.45, 2.75) is 26.1 Å². The van der Waals surface area contributed by atoms with Crippen LogP contribution in [0.15, 0.2) is 24.4 Å². The number of alkyl halides is 3. The SMILES string of the molecule is CCn1cc(CC=O)c2cc(C(F)(F)F)ccc21. The summed E-state index contributed by atoms with van der Waals surface area (Å²) < 4.78 is 39.8. The predicted octanol–water partition coefficient (Wildman–Crippen LogP) is 3.42. The number of hydrogen-bond donors (Lipinski definition) is 0. The van der Waals surface area contributed by atoms with Crippen LogP contribution in [0.25, 0.3) is 10.9 Å². The second kappa shape index (κ2) is 4.48. The van der Waals surface area contributed by atoms with Crippen LogP contribution in [0.5, 0.6) is 0 Å². The van der Waals surface area contributed by atoms with Gasteiger partial charge < -0.3 is 9.36 Å². The molecule has 0 unspecified atom stereocenters. The monoisotopic (exact) mass is 255 g/mol. The summed E-state index contributed by atoms with van der Waals surface area (Å²) in [4.78, 5) is 10.6. The molecule has 2 aromatic rings. The Balaban J connectivity index is 2.66. The van der Waals surface area contributed by atoms with E-state index in [1.807, 2.05) is 11.5 Å². The fraction of sp³-hybridized carbons (Fsp3) is 0.308. The second-order valence-electron chi connectivity index (χ2n) is 4.04. The number of nitrogens with zero attached hydrogens (tertiary/aromatic N) is 1. The molecule has 0 fully saturated rings. The van der Waals surface area contributed by atoms with E-state index in [0.29, 0.717) is 23.8 Å². The molecule has 0 saturated heterocycles. The van der Waals surface area contributed by atoms with E-state index in [0.717, 1.165) is 17.6 Å². The molecule has 1 aromatic carbocycles. The molecule has 0 atom stereocenters. The lowest BCUT2D eigenvalue weighted by Crippen LogP contribution is -2.04. The fourth-order valence-corrected chi connectivity index (χ4v) is 2.06. The molecular formula is C13H12F3NO. The molecule has 96 valence electrons. The summed E-state index contributed by atoms with van der Waals surface area (Å²) in [5.41, 5.74) is 0.673. The van der Waals surface area contributed by atoms with Gasteiger partial charge >= 0.3 is 6.18 Å².